The summed E-state index contributed by atoms with van der Waals surface area (Å²) in [6.07, 6.45) is 1.63. The average molecular weight is 401 g/mol. The normalized spacial score (nSPS) is 14.9. The van der Waals surface area contributed by atoms with Gasteiger partial charge >= 0.3 is 0 Å². The van der Waals surface area contributed by atoms with Crippen molar-refractivity contribution in [3.05, 3.63) is 87.6 Å². The van der Waals surface area contributed by atoms with E-state index in [4.69, 9.17) is 0 Å². The summed E-state index contributed by atoms with van der Waals surface area (Å²) in [4.78, 5) is 26.2. The Kier molecular flexibility index (Phi) is 3.89. The van der Waals surface area contributed by atoms with E-state index in [1.54, 1.807) is 13.0 Å². The third-order valence-corrected chi connectivity index (χ3v) is 6.40. The van der Waals surface area contributed by atoms with Gasteiger partial charge in [-0.15, -0.1) is 11.3 Å². The van der Waals surface area contributed by atoms with Crippen LogP contribution in [0.4, 0.5) is 4.39 Å². The lowest BCUT2D eigenvalue weighted by molar-refractivity contribution is 0.0990. The minimum atomic E-state index is -0.471. The van der Waals surface area contributed by atoms with Crippen molar-refractivity contribution in [2.24, 2.45) is 7.05 Å². The molecule has 2 aromatic carbocycles. The zero-order valence-corrected chi connectivity index (χ0v) is 16.6. The molecule has 0 fully saturated rings. The highest BCUT2D eigenvalue weighted by Crippen LogP contribution is 2.36. The minimum Gasteiger partial charge on any atom is -0.343 e. The number of carbonyl (C=O) groups is 2. The Labute approximate surface area is 170 Å². The molecule has 142 valence electrons. The first kappa shape index (κ1) is 17.8. The number of hydrogen-bond acceptors (Lipinski definition) is 3. The molecule has 0 unspecified atom stereocenters. The average Bonchev–Trinajstić information content (AvgIpc) is 3.32. The molecule has 0 aliphatic heterocycles. The van der Waals surface area contributed by atoms with Gasteiger partial charge in [0, 0.05) is 28.7 Å². The van der Waals surface area contributed by atoms with Gasteiger partial charge in [-0.3, -0.25) is 9.59 Å². The molecular weight excluding hydrogens is 385 g/mol. The standard InChI is InChI=1S/C24H16FNO2S/c1-13-8-16-17(11-19(13)25)24(28)18(23(16)27)9-15-10-21-22(29-15)12-20(26(21)2)14-6-4-3-5-7-14/h3-12H,1-2H3/b18-9-. The Balaban J connectivity index is 1.56. The van der Waals surface area contributed by atoms with E-state index in [0.717, 1.165) is 26.4 Å². The molecule has 0 radical (unpaired) electrons. The number of rotatable bonds is 2. The number of ketones is 2. The molecule has 0 spiro atoms. The van der Waals surface area contributed by atoms with E-state index in [-0.39, 0.29) is 22.5 Å². The molecule has 5 heteroatoms. The number of aryl methyl sites for hydroxylation is 2. The Bertz CT molecular complexity index is 1320. The highest BCUT2D eigenvalue weighted by molar-refractivity contribution is 7.19. The van der Waals surface area contributed by atoms with Crippen molar-refractivity contribution in [3.8, 4) is 11.3 Å². The van der Waals surface area contributed by atoms with Crippen molar-refractivity contribution < 1.29 is 14.0 Å². The second-order valence-corrected chi connectivity index (χ2v) is 8.33. The summed E-state index contributed by atoms with van der Waals surface area (Å²) in [5, 5.41) is 0. The largest absolute Gasteiger partial charge is 0.343 e. The number of thiophene rings is 1. The summed E-state index contributed by atoms with van der Waals surface area (Å²) in [6, 6.07) is 16.9. The van der Waals surface area contributed by atoms with Crippen LogP contribution in [0.5, 0.6) is 0 Å². The molecule has 0 saturated heterocycles. The zero-order chi connectivity index (χ0) is 20.3. The number of allylic oxidation sites excluding steroid dienone is 1. The van der Waals surface area contributed by atoms with Crippen LogP contribution in [0.3, 0.4) is 0 Å². The molecule has 4 aromatic rings. The highest BCUT2D eigenvalue weighted by atomic mass is 32.1. The molecule has 1 aliphatic carbocycles. The topological polar surface area (TPSA) is 39.1 Å². The smallest absolute Gasteiger partial charge is 0.197 e. The van der Waals surface area contributed by atoms with Crippen LogP contribution in [0.1, 0.15) is 31.2 Å². The van der Waals surface area contributed by atoms with Gasteiger partial charge in [0.05, 0.1) is 15.8 Å². The molecular formula is C24H16FNO2S. The van der Waals surface area contributed by atoms with Crippen LogP contribution in [0.2, 0.25) is 0 Å². The maximum absolute atomic E-state index is 13.9. The van der Waals surface area contributed by atoms with Gasteiger partial charge < -0.3 is 4.57 Å². The van der Waals surface area contributed by atoms with Gasteiger partial charge in [-0.25, -0.2) is 4.39 Å². The lowest BCUT2D eigenvalue weighted by Gasteiger charge is -2.03. The second kappa shape index (κ2) is 6.36. The fourth-order valence-corrected chi connectivity index (χ4v) is 4.88. The minimum absolute atomic E-state index is 0.0971. The van der Waals surface area contributed by atoms with E-state index in [1.165, 1.54) is 23.5 Å². The number of fused-ring (bicyclic) bond motifs is 2. The van der Waals surface area contributed by atoms with Crippen LogP contribution in [-0.2, 0) is 7.05 Å². The zero-order valence-electron chi connectivity index (χ0n) is 15.8. The monoisotopic (exact) mass is 401 g/mol. The number of Topliss-reactive ketones (excluding diaryl/α,β-unsaturated/α-hetero) is 2. The first-order valence-electron chi connectivity index (χ1n) is 9.20. The number of aromatic nitrogens is 1. The fourth-order valence-electron chi connectivity index (χ4n) is 3.81. The maximum Gasteiger partial charge on any atom is 0.197 e. The van der Waals surface area contributed by atoms with E-state index >= 15 is 0 Å². The molecule has 0 atom stereocenters. The van der Waals surface area contributed by atoms with E-state index in [2.05, 4.69) is 22.8 Å². The first-order valence-corrected chi connectivity index (χ1v) is 10.0. The predicted molar refractivity (Wildman–Crippen MR) is 114 cm³/mol. The number of benzene rings is 2. The number of carbonyl (C=O) groups excluding carboxylic acids is 2. The van der Waals surface area contributed by atoms with E-state index in [1.807, 2.05) is 31.3 Å². The molecule has 5 rings (SSSR count). The van der Waals surface area contributed by atoms with Gasteiger partial charge in [0.15, 0.2) is 11.6 Å². The lowest BCUT2D eigenvalue weighted by atomic mass is 10.1. The fraction of sp³-hybridized carbons (Fsp3) is 0.0833. The van der Waals surface area contributed by atoms with Gasteiger partial charge in [-0.2, -0.15) is 0 Å². The van der Waals surface area contributed by atoms with Gasteiger partial charge in [-0.05, 0) is 48.4 Å². The SMILES string of the molecule is Cc1cc2c(cc1F)C(=O)/C(=C\c1cc3c(cc(-c4ccccc4)n3C)s1)C2=O. The van der Waals surface area contributed by atoms with Gasteiger partial charge in [0.2, 0.25) is 0 Å². The van der Waals surface area contributed by atoms with Crippen LogP contribution in [-0.4, -0.2) is 16.1 Å². The Morgan fingerprint density at radius 1 is 0.966 bits per heavy atom. The van der Waals surface area contributed by atoms with Gasteiger partial charge in [-0.1, -0.05) is 30.3 Å². The summed E-state index contributed by atoms with van der Waals surface area (Å²) in [5.41, 5.74) is 4.17. The van der Waals surface area contributed by atoms with Crippen LogP contribution < -0.4 is 0 Å². The maximum atomic E-state index is 13.9. The summed E-state index contributed by atoms with van der Waals surface area (Å²) >= 11 is 1.53. The number of halogens is 1. The molecule has 3 nitrogen and oxygen atoms in total. The predicted octanol–water partition coefficient (Wildman–Crippen LogP) is 5.82. The van der Waals surface area contributed by atoms with E-state index in [0.29, 0.717) is 5.56 Å². The Morgan fingerprint density at radius 3 is 2.34 bits per heavy atom. The van der Waals surface area contributed by atoms with Gasteiger partial charge in [0.25, 0.3) is 0 Å². The van der Waals surface area contributed by atoms with Crippen molar-refractivity contribution in [2.75, 3.05) is 0 Å². The van der Waals surface area contributed by atoms with Crippen LogP contribution in [0, 0.1) is 12.7 Å². The first-order chi connectivity index (χ1) is 13.9. The lowest BCUT2D eigenvalue weighted by Crippen LogP contribution is -1.99. The van der Waals surface area contributed by atoms with Crippen LogP contribution in [0.15, 0.2) is 60.2 Å². The van der Waals surface area contributed by atoms with Crippen molar-refractivity contribution in [2.45, 2.75) is 6.92 Å². The Morgan fingerprint density at radius 2 is 1.66 bits per heavy atom. The number of hydrogen-bond donors (Lipinski definition) is 0. The summed E-state index contributed by atoms with van der Waals surface area (Å²) in [6.45, 7) is 1.59. The van der Waals surface area contributed by atoms with Crippen LogP contribution >= 0.6 is 11.3 Å². The molecule has 0 bridgehead atoms. The highest BCUT2D eigenvalue weighted by Gasteiger charge is 2.34. The molecule has 29 heavy (non-hydrogen) atoms. The summed E-state index contributed by atoms with van der Waals surface area (Å²) in [7, 11) is 2.00. The molecule has 0 amide bonds. The van der Waals surface area contributed by atoms with Crippen LogP contribution in [0.25, 0.3) is 27.6 Å². The summed E-state index contributed by atoms with van der Waals surface area (Å²) in [5.74, 6) is -1.22. The second-order valence-electron chi connectivity index (χ2n) is 7.22. The third kappa shape index (κ3) is 2.69. The molecule has 1 aliphatic rings. The van der Waals surface area contributed by atoms with Crippen molar-refractivity contribution in [1.82, 2.24) is 4.57 Å². The van der Waals surface area contributed by atoms with Crippen molar-refractivity contribution in [1.29, 1.82) is 0 Å². The quantitative estimate of drug-likeness (QED) is 0.314. The summed E-state index contributed by atoms with van der Waals surface area (Å²) < 4.78 is 17.1. The molecule has 2 heterocycles. The van der Waals surface area contributed by atoms with E-state index < -0.39 is 11.6 Å². The third-order valence-electron chi connectivity index (χ3n) is 5.38. The van der Waals surface area contributed by atoms with Crippen molar-refractivity contribution >= 4 is 39.2 Å². The molecule has 0 N–H and O–H groups in total. The van der Waals surface area contributed by atoms with Crippen molar-refractivity contribution in [3.63, 3.8) is 0 Å². The molecule has 2 aromatic heterocycles. The number of nitrogens with zero attached hydrogens (tertiary/aromatic N) is 1. The molecule has 0 saturated carbocycles. The van der Waals surface area contributed by atoms with E-state index in [9.17, 15) is 14.0 Å². The van der Waals surface area contributed by atoms with Gasteiger partial charge in [0.1, 0.15) is 5.82 Å². The Hall–Kier alpha value is -3.31.